The van der Waals surface area contributed by atoms with Crippen LogP contribution in [0.1, 0.15) is 32.6 Å². The summed E-state index contributed by atoms with van der Waals surface area (Å²) in [6.07, 6.45) is 1.65. The van der Waals surface area contributed by atoms with Gasteiger partial charge in [0.15, 0.2) is 11.5 Å². The van der Waals surface area contributed by atoms with Gasteiger partial charge in [-0.15, -0.1) is 0 Å². The van der Waals surface area contributed by atoms with Crippen LogP contribution in [0.25, 0.3) is 5.65 Å². The summed E-state index contributed by atoms with van der Waals surface area (Å²) < 4.78 is 36.6. The molecule has 0 aliphatic carbocycles. The maximum absolute atomic E-state index is 12.6. The number of imidazole rings is 1. The Balaban J connectivity index is 1.62. The van der Waals surface area contributed by atoms with Crippen molar-refractivity contribution in [3.8, 4) is 0 Å². The molecule has 136 valence electrons. The molecule has 5 atom stereocenters. The molecule has 0 amide bonds. The van der Waals surface area contributed by atoms with E-state index < -0.39 is 13.9 Å². The Labute approximate surface area is 144 Å². The first-order valence-corrected chi connectivity index (χ1v) is 9.55. The Morgan fingerprint density at radius 2 is 2.24 bits per heavy atom. The summed E-state index contributed by atoms with van der Waals surface area (Å²) in [4.78, 5) is 8.19. The lowest BCUT2D eigenvalue weighted by Gasteiger charge is -2.32. The molecule has 25 heavy (non-hydrogen) atoms. The molecular formula is C14H20N5O5P. The zero-order valence-corrected chi connectivity index (χ0v) is 15.0. The molecule has 2 aliphatic heterocycles. The summed E-state index contributed by atoms with van der Waals surface area (Å²) in [5.74, 6) is 0.188. The third-order valence-electron chi connectivity index (χ3n) is 4.32. The molecular weight excluding hydrogens is 349 g/mol. The maximum Gasteiger partial charge on any atom is 0.475 e. The number of phosphoric ester groups is 1. The Bertz CT molecular complexity index is 842. The number of anilines is 1. The van der Waals surface area contributed by atoms with Crippen molar-refractivity contribution in [1.82, 2.24) is 19.6 Å². The molecule has 0 bridgehead atoms. The van der Waals surface area contributed by atoms with Crippen molar-refractivity contribution in [1.29, 1.82) is 0 Å². The van der Waals surface area contributed by atoms with Crippen LogP contribution in [-0.2, 0) is 22.9 Å². The number of nitrogens with zero attached hydrogens (tertiary/aromatic N) is 4. The van der Waals surface area contributed by atoms with Gasteiger partial charge in [0.25, 0.3) is 0 Å². The fraction of sp³-hybridized carbons (Fsp3) is 0.643. The maximum atomic E-state index is 12.6. The topological polar surface area (TPSA) is 123 Å². The lowest BCUT2D eigenvalue weighted by molar-refractivity contribution is -0.0633. The van der Waals surface area contributed by atoms with Crippen molar-refractivity contribution >= 4 is 19.3 Å². The van der Waals surface area contributed by atoms with Gasteiger partial charge in [-0.1, -0.05) is 6.92 Å². The number of nitrogen functional groups attached to an aromatic ring is 1. The molecule has 10 nitrogen and oxygen atoms in total. The van der Waals surface area contributed by atoms with Crippen LogP contribution in [0.3, 0.4) is 0 Å². The van der Waals surface area contributed by atoms with E-state index in [2.05, 4.69) is 15.1 Å². The summed E-state index contributed by atoms with van der Waals surface area (Å²) in [6.45, 7) is 5.66. The molecule has 2 fully saturated rings. The van der Waals surface area contributed by atoms with E-state index in [4.69, 9.17) is 24.0 Å². The average molecular weight is 369 g/mol. The molecule has 0 saturated carbocycles. The van der Waals surface area contributed by atoms with Crippen molar-refractivity contribution in [2.45, 2.75) is 45.2 Å². The van der Waals surface area contributed by atoms with Crippen molar-refractivity contribution in [3.63, 3.8) is 0 Å². The SMILES string of the molecule is CC(C)OP1(=O)OCC2OC(c3cnc4c(N)ncnn34)C(C)C2O1. The summed E-state index contributed by atoms with van der Waals surface area (Å²) in [6, 6.07) is 0. The van der Waals surface area contributed by atoms with Crippen LogP contribution >= 0.6 is 7.82 Å². The molecule has 0 aromatic carbocycles. The molecule has 4 rings (SSSR count). The first-order chi connectivity index (χ1) is 11.9. The van der Waals surface area contributed by atoms with E-state index in [0.29, 0.717) is 11.5 Å². The number of nitrogens with two attached hydrogens (primary N) is 1. The van der Waals surface area contributed by atoms with Gasteiger partial charge in [-0.2, -0.15) is 5.10 Å². The van der Waals surface area contributed by atoms with E-state index >= 15 is 0 Å². The Kier molecular flexibility index (Phi) is 4.04. The zero-order valence-electron chi connectivity index (χ0n) is 14.1. The van der Waals surface area contributed by atoms with Crippen molar-refractivity contribution in [3.05, 3.63) is 18.2 Å². The number of rotatable bonds is 3. The largest absolute Gasteiger partial charge is 0.475 e. The summed E-state index contributed by atoms with van der Waals surface area (Å²) in [5, 5.41) is 4.20. The summed E-state index contributed by atoms with van der Waals surface area (Å²) in [7, 11) is -3.58. The molecule has 5 unspecified atom stereocenters. The molecule has 2 N–H and O–H groups in total. The second-order valence-corrected chi connectivity index (χ2v) is 8.06. The van der Waals surface area contributed by atoms with E-state index in [0.717, 1.165) is 5.69 Å². The highest BCUT2D eigenvalue weighted by Crippen LogP contribution is 2.58. The molecule has 2 aromatic rings. The lowest BCUT2D eigenvalue weighted by atomic mass is 9.97. The third kappa shape index (κ3) is 2.84. The van der Waals surface area contributed by atoms with Gasteiger partial charge >= 0.3 is 7.82 Å². The Morgan fingerprint density at radius 1 is 1.44 bits per heavy atom. The van der Waals surface area contributed by atoms with E-state index in [1.807, 2.05) is 6.92 Å². The van der Waals surface area contributed by atoms with Crippen molar-refractivity contribution in [2.75, 3.05) is 12.3 Å². The van der Waals surface area contributed by atoms with Gasteiger partial charge in [0, 0.05) is 5.92 Å². The summed E-state index contributed by atoms with van der Waals surface area (Å²) in [5.41, 5.74) is 7.03. The monoisotopic (exact) mass is 369 g/mol. The van der Waals surface area contributed by atoms with Crippen LogP contribution in [0, 0.1) is 5.92 Å². The van der Waals surface area contributed by atoms with Gasteiger partial charge in [0.2, 0.25) is 0 Å². The normalized spacial score (nSPS) is 35.4. The van der Waals surface area contributed by atoms with Gasteiger partial charge in [-0.3, -0.25) is 13.6 Å². The number of phosphoric acid groups is 1. The average Bonchev–Trinajstić information content (AvgIpc) is 3.09. The quantitative estimate of drug-likeness (QED) is 0.806. The van der Waals surface area contributed by atoms with Crippen LogP contribution in [0.4, 0.5) is 5.82 Å². The molecule has 2 aromatic heterocycles. The molecule has 0 spiro atoms. The second-order valence-electron chi connectivity index (χ2n) is 6.49. The minimum atomic E-state index is -3.58. The third-order valence-corrected chi connectivity index (χ3v) is 5.97. The van der Waals surface area contributed by atoms with Gasteiger partial charge in [0.1, 0.15) is 24.6 Å². The summed E-state index contributed by atoms with van der Waals surface area (Å²) >= 11 is 0. The number of fused-ring (bicyclic) bond motifs is 2. The van der Waals surface area contributed by atoms with Crippen LogP contribution in [0.15, 0.2) is 12.5 Å². The standard InChI is InChI=1S/C14H20N5O5P/c1-7(2)23-25(20)21-5-10-12(24-25)8(3)11(22-10)9-4-16-14-13(15)17-6-18-19(9)14/h4,6-8,10-12H,5H2,1-3H3,(H2,15,17,18). The van der Waals surface area contributed by atoms with Gasteiger partial charge < -0.3 is 10.5 Å². The fourth-order valence-electron chi connectivity index (χ4n) is 3.24. The van der Waals surface area contributed by atoms with Gasteiger partial charge in [-0.25, -0.2) is 19.0 Å². The minimum Gasteiger partial charge on any atom is -0.381 e. The highest BCUT2D eigenvalue weighted by atomic mass is 31.2. The van der Waals surface area contributed by atoms with Gasteiger partial charge in [0.05, 0.1) is 24.6 Å². The predicted octanol–water partition coefficient (Wildman–Crippen LogP) is 1.73. The highest BCUT2D eigenvalue weighted by Gasteiger charge is 2.52. The van der Waals surface area contributed by atoms with Crippen LogP contribution < -0.4 is 5.73 Å². The van der Waals surface area contributed by atoms with E-state index in [1.165, 1.54) is 6.33 Å². The molecule has 4 heterocycles. The molecule has 0 radical (unpaired) electrons. The number of ether oxygens (including phenoxy) is 1. The first-order valence-electron chi connectivity index (χ1n) is 8.09. The lowest BCUT2D eigenvalue weighted by Crippen LogP contribution is -2.36. The van der Waals surface area contributed by atoms with E-state index in [1.54, 1.807) is 24.6 Å². The van der Waals surface area contributed by atoms with Crippen molar-refractivity contribution < 1.29 is 22.9 Å². The van der Waals surface area contributed by atoms with Crippen LogP contribution in [0.5, 0.6) is 0 Å². The van der Waals surface area contributed by atoms with Crippen LogP contribution in [-0.4, -0.2) is 44.5 Å². The van der Waals surface area contributed by atoms with E-state index in [9.17, 15) is 4.57 Å². The number of hydrogen-bond donors (Lipinski definition) is 1. The Morgan fingerprint density at radius 3 is 3.00 bits per heavy atom. The number of aromatic nitrogens is 4. The molecule has 2 saturated heterocycles. The van der Waals surface area contributed by atoms with E-state index in [-0.39, 0.29) is 30.8 Å². The highest BCUT2D eigenvalue weighted by molar-refractivity contribution is 7.48. The number of hydrogen-bond acceptors (Lipinski definition) is 9. The molecule has 11 heteroatoms. The molecule has 2 aliphatic rings. The Hall–Kier alpha value is -1.58. The zero-order chi connectivity index (χ0) is 17.8. The predicted molar refractivity (Wildman–Crippen MR) is 86.6 cm³/mol. The second kappa shape index (κ2) is 6.00. The smallest absolute Gasteiger partial charge is 0.381 e. The fourth-order valence-corrected chi connectivity index (χ4v) is 4.88. The van der Waals surface area contributed by atoms with Crippen molar-refractivity contribution in [2.24, 2.45) is 5.92 Å². The van der Waals surface area contributed by atoms with Gasteiger partial charge in [-0.05, 0) is 13.8 Å². The minimum absolute atomic E-state index is 0.103. The first kappa shape index (κ1) is 16.9. The van der Waals surface area contributed by atoms with Crippen LogP contribution in [0.2, 0.25) is 0 Å².